The first-order valence-electron chi connectivity index (χ1n) is 8.46. The summed E-state index contributed by atoms with van der Waals surface area (Å²) in [7, 11) is 0. The molecule has 0 spiro atoms. The summed E-state index contributed by atoms with van der Waals surface area (Å²) in [5.41, 5.74) is 1.99. The van der Waals surface area contributed by atoms with Crippen LogP contribution in [0, 0.1) is 0 Å². The quantitative estimate of drug-likeness (QED) is 0.784. The monoisotopic (exact) mass is 350 g/mol. The first-order valence-corrected chi connectivity index (χ1v) is 8.46. The lowest BCUT2D eigenvalue weighted by Crippen LogP contribution is -2.43. The van der Waals surface area contributed by atoms with Crippen molar-refractivity contribution in [3.05, 3.63) is 66.9 Å². The third-order valence-electron chi connectivity index (χ3n) is 4.47. The number of nitrogens with zero attached hydrogens (tertiary/aromatic N) is 3. The van der Waals surface area contributed by atoms with Gasteiger partial charge in [-0.05, 0) is 43.2 Å². The zero-order valence-electron chi connectivity index (χ0n) is 14.0. The fourth-order valence-corrected chi connectivity index (χ4v) is 3.21. The van der Waals surface area contributed by atoms with Crippen molar-refractivity contribution < 1.29 is 14.0 Å². The van der Waals surface area contributed by atoms with Crippen molar-refractivity contribution in [3.8, 4) is 5.69 Å². The van der Waals surface area contributed by atoms with Crippen LogP contribution in [0.4, 0.5) is 5.69 Å². The fraction of sp³-hybridized carbons (Fsp3) is 0.211. The van der Waals surface area contributed by atoms with E-state index in [4.69, 9.17) is 4.42 Å². The molecule has 3 heterocycles. The summed E-state index contributed by atoms with van der Waals surface area (Å²) in [6.45, 7) is 0.565. The summed E-state index contributed by atoms with van der Waals surface area (Å²) in [4.78, 5) is 26.9. The second kappa shape index (κ2) is 6.87. The van der Waals surface area contributed by atoms with E-state index in [9.17, 15) is 9.59 Å². The predicted molar refractivity (Wildman–Crippen MR) is 95.0 cm³/mol. The molecule has 7 nitrogen and oxygen atoms in total. The molecule has 1 fully saturated rings. The Morgan fingerprint density at radius 1 is 1.23 bits per heavy atom. The van der Waals surface area contributed by atoms with Gasteiger partial charge in [0.2, 0.25) is 5.91 Å². The summed E-state index contributed by atoms with van der Waals surface area (Å²) in [6, 6.07) is 10.4. The number of anilines is 1. The Hall–Kier alpha value is -3.35. The number of carbonyl (C=O) groups excluding carboxylic acids is 2. The van der Waals surface area contributed by atoms with E-state index in [0.29, 0.717) is 24.2 Å². The molecule has 26 heavy (non-hydrogen) atoms. The molecule has 0 unspecified atom stereocenters. The molecule has 1 aliphatic rings. The van der Waals surface area contributed by atoms with Gasteiger partial charge in [-0.2, -0.15) is 5.10 Å². The first-order chi connectivity index (χ1) is 12.7. The Labute approximate surface area is 150 Å². The average Bonchev–Trinajstić information content (AvgIpc) is 3.44. The molecule has 0 saturated carbocycles. The smallest absolute Gasteiger partial charge is 0.257 e. The van der Waals surface area contributed by atoms with Gasteiger partial charge in [-0.15, -0.1) is 0 Å². The van der Waals surface area contributed by atoms with Crippen molar-refractivity contribution in [1.82, 2.24) is 14.7 Å². The normalized spacial score (nSPS) is 16.6. The van der Waals surface area contributed by atoms with Gasteiger partial charge < -0.3 is 14.6 Å². The third-order valence-corrected chi connectivity index (χ3v) is 4.47. The molecule has 2 aromatic heterocycles. The summed E-state index contributed by atoms with van der Waals surface area (Å²) in [6.07, 6.45) is 7.85. The topological polar surface area (TPSA) is 80.4 Å². The molecule has 2 amide bonds. The average molecular weight is 350 g/mol. The number of furan rings is 1. The van der Waals surface area contributed by atoms with Crippen LogP contribution in [0.15, 0.2) is 65.7 Å². The van der Waals surface area contributed by atoms with Crippen LogP contribution < -0.4 is 5.32 Å². The zero-order valence-corrected chi connectivity index (χ0v) is 14.0. The number of benzene rings is 1. The molecule has 3 aromatic rings. The van der Waals surface area contributed by atoms with Gasteiger partial charge >= 0.3 is 0 Å². The maximum atomic E-state index is 12.7. The minimum absolute atomic E-state index is 0.179. The SMILES string of the molecule is O=C(Nc1cccc(-n2cccn2)c1)[C@H]1CCCN1C(=O)c1ccoc1. The summed E-state index contributed by atoms with van der Waals surface area (Å²) in [5, 5.41) is 7.11. The Balaban J connectivity index is 1.49. The Kier molecular flexibility index (Phi) is 4.27. The molecular weight excluding hydrogens is 332 g/mol. The summed E-state index contributed by atoms with van der Waals surface area (Å²) < 4.78 is 6.70. The molecule has 1 saturated heterocycles. The van der Waals surface area contributed by atoms with E-state index >= 15 is 0 Å². The maximum absolute atomic E-state index is 12.7. The van der Waals surface area contributed by atoms with E-state index in [1.54, 1.807) is 21.8 Å². The Bertz CT molecular complexity index is 903. The van der Waals surface area contributed by atoms with Gasteiger partial charge in [-0.25, -0.2) is 4.68 Å². The van der Waals surface area contributed by atoms with Crippen molar-refractivity contribution in [1.29, 1.82) is 0 Å². The van der Waals surface area contributed by atoms with Crippen molar-refractivity contribution >= 4 is 17.5 Å². The highest BCUT2D eigenvalue weighted by Crippen LogP contribution is 2.22. The second-order valence-electron chi connectivity index (χ2n) is 6.16. The molecule has 1 N–H and O–H groups in total. The maximum Gasteiger partial charge on any atom is 0.257 e. The van der Waals surface area contributed by atoms with E-state index < -0.39 is 6.04 Å². The van der Waals surface area contributed by atoms with E-state index in [-0.39, 0.29) is 11.8 Å². The van der Waals surface area contributed by atoms with Crippen molar-refractivity contribution in [3.63, 3.8) is 0 Å². The Morgan fingerprint density at radius 2 is 2.15 bits per heavy atom. The molecule has 4 rings (SSSR count). The van der Waals surface area contributed by atoms with E-state index in [0.717, 1.165) is 12.1 Å². The number of nitrogens with one attached hydrogen (secondary N) is 1. The number of aromatic nitrogens is 2. The molecule has 7 heteroatoms. The number of amides is 2. The van der Waals surface area contributed by atoms with Crippen LogP contribution >= 0.6 is 0 Å². The van der Waals surface area contributed by atoms with Gasteiger partial charge in [0.25, 0.3) is 5.91 Å². The minimum atomic E-state index is -0.481. The van der Waals surface area contributed by atoms with Gasteiger partial charge in [0.1, 0.15) is 12.3 Å². The van der Waals surface area contributed by atoms with Crippen molar-refractivity contribution in [2.75, 3.05) is 11.9 Å². The number of likely N-dealkylation sites (tertiary alicyclic amines) is 1. The van der Waals surface area contributed by atoms with Crippen molar-refractivity contribution in [2.24, 2.45) is 0 Å². The molecule has 1 aliphatic heterocycles. The van der Waals surface area contributed by atoms with Crippen LogP contribution in [0.25, 0.3) is 5.69 Å². The number of hydrogen-bond donors (Lipinski definition) is 1. The zero-order chi connectivity index (χ0) is 17.9. The highest BCUT2D eigenvalue weighted by Gasteiger charge is 2.34. The van der Waals surface area contributed by atoms with Crippen molar-refractivity contribution in [2.45, 2.75) is 18.9 Å². The molecule has 0 aliphatic carbocycles. The molecule has 1 aromatic carbocycles. The molecule has 1 atom stereocenters. The molecular formula is C19H18N4O3. The molecule has 0 bridgehead atoms. The van der Waals surface area contributed by atoms with Crippen LogP contribution in [0.5, 0.6) is 0 Å². The van der Waals surface area contributed by atoms with Crippen LogP contribution in [-0.4, -0.2) is 39.1 Å². The number of hydrogen-bond acceptors (Lipinski definition) is 4. The van der Waals surface area contributed by atoms with Gasteiger partial charge in [0, 0.05) is 24.6 Å². The van der Waals surface area contributed by atoms with Gasteiger partial charge in [0.15, 0.2) is 0 Å². The first kappa shape index (κ1) is 16.1. The van der Waals surface area contributed by atoms with Crippen LogP contribution in [-0.2, 0) is 4.79 Å². The van der Waals surface area contributed by atoms with Gasteiger partial charge in [-0.1, -0.05) is 6.07 Å². The Morgan fingerprint density at radius 3 is 2.92 bits per heavy atom. The highest BCUT2D eigenvalue weighted by molar-refractivity contribution is 6.01. The van der Waals surface area contributed by atoms with Gasteiger partial charge in [-0.3, -0.25) is 9.59 Å². The van der Waals surface area contributed by atoms with E-state index in [1.165, 1.54) is 12.5 Å². The third kappa shape index (κ3) is 3.11. The molecule has 132 valence electrons. The number of carbonyl (C=O) groups is 2. The number of rotatable bonds is 4. The lowest BCUT2D eigenvalue weighted by atomic mass is 10.2. The summed E-state index contributed by atoms with van der Waals surface area (Å²) in [5.74, 6) is -0.362. The predicted octanol–water partition coefficient (Wildman–Crippen LogP) is 2.71. The standard InChI is InChI=1S/C19H18N4O3/c24-18(17-6-2-9-22(17)19(25)14-7-11-26-13-14)21-15-4-1-5-16(12-15)23-10-3-8-20-23/h1,3-5,7-8,10-13,17H,2,6,9H2,(H,21,24)/t17-/m1/s1. The second-order valence-corrected chi connectivity index (χ2v) is 6.16. The lowest BCUT2D eigenvalue weighted by Gasteiger charge is -2.23. The largest absolute Gasteiger partial charge is 0.472 e. The van der Waals surface area contributed by atoms with Crippen LogP contribution in [0.3, 0.4) is 0 Å². The summed E-state index contributed by atoms with van der Waals surface area (Å²) >= 11 is 0. The lowest BCUT2D eigenvalue weighted by molar-refractivity contribution is -0.119. The fourth-order valence-electron chi connectivity index (χ4n) is 3.21. The van der Waals surface area contributed by atoms with Crippen LogP contribution in [0.2, 0.25) is 0 Å². The van der Waals surface area contributed by atoms with E-state index in [2.05, 4.69) is 10.4 Å². The molecule has 0 radical (unpaired) electrons. The highest BCUT2D eigenvalue weighted by atomic mass is 16.3. The minimum Gasteiger partial charge on any atom is -0.472 e. The van der Waals surface area contributed by atoms with Crippen LogP contribution in [0.1, 0.15) is 23.2 Å². The van der Waals surface area contributed by atoms with Gasteiger partial charge in [0.05, 0.1) is 17.5 Å². The van der Waals surface area contributed by atoms with E-state index in [1.807, 2.05) is 36.5 Å².